The fraction of sp³-hybridized carbons (Fsp3) is 0.160. The SMILES string of the molecule is COc1ccccc1Nc1ncccc1C(=O)N(C)Cc1cnn(Cc2ccccc2)c1. The number of methoxy groups -OCH3 is 1. The van der Waals surface area contributed by atoms with Crippen molar-refractivity contribution in [3.8, 4) is 5.75 Å². The van der Waals surface area contributed by atoms with Gasteiger partial charge in [-0.1, -0.05) is 42.5 Å². The van der Waals surface area contributed by atoms with E-state index < -0.39 is 0 Å². The van der Waals surface area contributed by atoms with Crippen LogP contribution in [0.2, 0.25) is 0 Å². The highest BCUT2D eigenvalue weighted by atomic mass is 16.5. The largest absolute Gasteiger partial charge is 0.495 e. The van der Waals surface area contributed by atoms with Gasteiger partial charge in [-0.3, -0.25) is 9.48 Å². The van der Waals surface area contributed by atoms with Crippen LogP contribution in [0.25, 0.3) is 0 Å². The van der Waals surface area contributed by atoms with Gasteiger partial charge >= 0.3 is 0 Å². The Balaban J connectivity index is 1.47. The van der Waals surface area contributed by atoms with E-state index in [0.29, 0.717) is 30.2 Å². The van der Waals surface area contributed by atoms with E-state index >= 15 is 0 Å². The van der Waals surface area contributed by atoms with Crippen LogP contribution in [-0.4, -0.2) is 39.7 Å². The van der Waals surface area contributed by atoms with Gasteiger partial charge < -0.3 is 15.0 Å². The van der Waals surface area contributed by atoms with Crippen molar-refractivity contribution in [2.24, 2.45) is 0 Å². The summed E-state index contributed by atoms with van der Waals surface area (Å²) in [6.07, 6.45) is 5.42. The van der Waals surface area contributed by atoms with Gasteiger partial charge in [-0.15, -0.1) is 0 Å². The first-order chi connectivity index (χ1) is 15.6. The lowest BCUT2D eigenvalue weighted by molar-refractivity contribution is 0.0785. The molecule has 2 aromatic heterocycles. The standard InChI is InChI=1S/C25H25N5O2/c1-29(16-20-15-27-30(18-20)17-19-9-4-3-5-10-19)25(31)21-11-8-14-26-24(21)28-22-12-6-7-13-23(22)32-2/h3-15,18H,16-17H2,1-2H3,(H,26,28). The van der Waals surface area contributed by atoms with E-state index in [9.17, 15) is 4.79 Å². The Hall–Kier alpha value is -4.13. The second kappa shape index (κ2) is 9.78. The molecule has 0 unspecified atom stereocenters. The van der Waals surface area contributed by atoms with Crippen molar-refractivity contribution in [2.75, 3.05) is 19.5 Å². The highest BCUT2D eigenvalue weighted by Crippen LogP contribution is 2.28. The third-order valence-electron chi connectivity index (χ3n) is 5.04. The van der Waals surface area contributed by atoms with E-state index in [4.69, 9.17) is 4.74 Å². The normalized spacial score (nSPS) is 10.6. The Kier molecular flexibility index (Phi) is 6.46. The van der Waals surface area contributed by atoms with Crippen LogP contribution in [0.1, 0.15) is 21.5 Å². The highest BCUT2D eigenvalue weighted by Gasteiger charge is 2.18. The third kappa shape index (κ3) is 4.95. The number of para-hydroxylation sites is 2. The molecule has 0 aliphatic rings. The average Bonchev–Trinajstić information content (AvgIpc) is 3.26. The van der Waals surface area contributed by atoms with Gasteiger partial charge in [-0.25, -0.2) is 4.98 Å². The van der Waals surface area contributed by atoms with Crippen molar-refractivity contribution in [1.82, 2.24) is 19.7 Å². The van der Waals surface area contributed by atoms with Gasteiger partial charge in [-0.2, -0.15) is 5.10 Å². The summed E-state index contributed by atoms with van der Waals surface area (Å²) in [5, 5.41) is 7.65. The molecule has 0 atom stereocenters. The lowest BCUT2D eigenvalue weighted by Crippen LogP contribution is -2.27. The number of hydrogen-bond acceptors (Lipinski definition) is 5. The van der Waals surface area contributed by atoms with Crippen molar-refractivity contribution in [3.63, 3.8) is 0 Å². The minimum Gasteiger partial charge on any atom is -0.495 e. The van der Waals surface area contributed by atoms with Gasteiger partial charge in [0.1, 0.15) is 11.6 Å². The molecule has 0 saturated heterocycles. The number of carbonyl (C=O) groups is 1. The number of amides is 1. The fourth-order valence-electron chi connectivity index (χ4n) is 3.45. The van der Waals surface area contributed by atoms with Crippen molar-refractivity contribution >= 4 is 17.4 Å². The molecule has 0 aliphatic heterocycles. The maximum atomic E-state index is 13.2. The number of carbonyl (C=O) groups excluding carboxylic acids is 1. The monoisotopic (exact) mass is 427 g/mol. The quantitative estimate of drug-likeness (QED) is 0.453. The summed E-state index contributed by atoms with van der Waals surface area (Å²) in [4.78, 5) is 19.2. The zero-order valence-electron chi connectivity index (χ0n) is 18.1. The molecule has 0 bridgehead atoms. The molecule has 2 aromatic carbocycles. The summed E-state index contributed by atoms with van der Waals surface area (Å²) >= 11 is 0. The molecule has 2 heterocycles. The molecule has 162 valence electrons. The van der Waals surface area contributed by atoms with E-state index in [1.807, 2.05) is 53.3 Å². The second-order valence-corrected chi connectivity index (χ2v) is 7.42. The summed E-state index contributed by atoms with van der Waals surface area (Å²) in [7, 11) is 3.38. The molecular weight excluding hydrogens is 402 g/mol. The first-order valence-electron chi connectivity index (χ1n) is 10.3. The molecule has 1 N–H and O–H groups in total. The minimum absolute atomic E-state index is 0.133. The molecule has 0 radical (unpaired) electrons. The van der Waals surface area contributed by atoms with Gasteiger partial charge in [-0.05, 0) is 29.8 Å². The van der Waals surface area contributed by atoms with Gasteiger partial charge in [0, 0.05) is 31.5 Å². The van der Waals surface area contributed by atoms with Crippen LogP contribution in [0.4, 0.5) is 11.5 Å². The molecule has 4 aromatic rings. The van der Waals surface area contributed by atoms with Crippen LogP contribution >= 0.6 is 0 Å². The average molecular weight is 428 g/mol. The number of aromatic nitrogens is 3. The van der Waals surface area contributed by atoms with Crippen LogP contribution in [0, 0.1) is 0 Å². The van der Waals surface area contributed by atoms with Gasteiger partial charge in [0.2, 0.25) is 0 Å². The zero-order valence-corrected chi connectivity index (χ0v) is 18.1. The Morgan fingerprint density at radius 3 is 2.62 bits per heavy atom. The zero-order chi connectivity index (χ0) is 22.3. The Morgan fingerprint density at radius 1 is 1.03 bits per heavy atom. The van der Waals surface area contributed by atoms with E-state index in [2.05, 4.69) is 27.5 Å². The van der Waals surface area contributed by atoms with Crippen LogP contribution in [0.15, 0.2) is 85.3 Å². The minimum atomic E-state index is -0.133. The molecule has 0 fully saturated rings. The molecule has 0 aliphatic carbocycles. The summed E-state index contributed by atoms with van der Waals surface area (Å²) in [6, 6.07) is 21.2. The van der Waals surface area contributed by atoms with Gasteiger partial charge in [0.05, 0.1) is 31.1 Å². The molecule has 0 spiro atoms. The number of rotatable bonds is 8. The lowest BCUT2D eigenvalue weighted by atomic mass is 10.2. The molecule has 7 nitrogen and oxygen atoms in total. The van der Waals surface area contributed by atoms with Gasteiger partial charge in [0.15, 0.2) is 0 Å². The molecule has 1 amide bonds. The summed E-state index contributed by atoms with van der Waals surface area (Å²) in [5.41, 5.74) is 3.36. The Labute approximate surface area is 187 Å². The molecule has 32 heavy (non-hydrogen) atoms. The fourth-order valence-corrected chi connectivity index (χ4v) is 3.45. The van der Waals surface area contributed by atoms with Crippen molar-refractivity contribution in [3.05, 3.63) is 102 Å². The number of benzene rings is 2. The molecule has 7 heteroatoms. The van der Waals surface area contributed by atoms with E-state index in [-0.39, 0.29) is 5.91 Å². The van der Waals surface area contributed by atoms with Crippen LogP contribution in [0.3, 0.4) is 0 Å². The van der Waals surface area contributed by atoms with E-state index in [0.717, 1.165) is 11.3 Å². The first kappa shape index (κ1) is 21.1. The van der Waals surface area contributed by atoms with Crippen molar-refractivity contribution < 1.29 is 9.53 Å². The van der Waals surface area contributed by atoms with Crippen molar-refractivity contribution in [2.45, 2.75) is 13.1 Å². The lowest BCUT2D eigenvalue weighted by Gasteiger charge is -2.19. The molecule has 4 rings (SSSR count). The highest BCUT2D eigenvalue weighted by molar-refractivity contribution is 5.99. The van der Waals surface area contributed by atoms with Gasteiger partial charge in [0.25, 0.3) is 5.91 Å². The number of pyridine rings is 1. The van der Waals surface area contributed by atoms with Crippen molar-refractivity contribution in [1.29, 1.82) is 0 Å². The second-order valence-electron chi connectivity index (χ2n) is 7.42. The molecule has 0 saturated carbocycles. The van der Waals surface area contributed by atoms with Crippen LogP contribution < -0.4 is 10.1 Å². The summed E-state index contributed by atoms with van der Waals surface area (Å²) in [5.74, 6) is 1.02. The Bertz CT molecular complexity index is 1190. The predicted molar refractivity (Wildman–Crippen MR) is 124 cm³/mol. The number of anilines is 2. The Morgan fingerprint density at radius 2 is 1.81 bits per heavy atom. The van der Waals surface area contributed by atoms with Crippen LogP contribution in [0.5, 0.6) is 5.75 Å². The number of hydrogen-bond donors (Lipinski definition) is 1. The number of nitrogens with one attached hydrogen (secondary N) is 1. The van der Waals surface area contributed by atoms with Crippen LogP contribution in [-0.2, 0) is 13.1 Å². The van der Waals surface area contributed by atoms with E-state index in [1.54, 1.807) is 43.6 Å². The maximum Gasteiger partial charge on any atom is 0.257 e. The summed E-state index contributed by atoms with van der Waals surface area (Å²) < 4.78 is 7.27. The summed E-state index contributed by atoms with van der Waals surface area (Å²) in [6.45, 7) is 1.13. The maximum absolute atomic E-state index is 13.2. The number of ether oxygens (including phenoxy) is 1. The molecular formula is C25H25N5O2. The smallest absolute Gasteiger partial charge is 0.257 e. The third-order valence-corrected chi connectivity index (χ3v) is 5.04. The predicted octanol–water partition coefficient (Wildman–Crippen LogP) is 4.35. The topological polar surface area (TPSA) is 72.3 Å². The van der Waals surface area contributed by atoms with E-state index in [1.165, 1.54) is 5.56 Å². The number of nitrogens with zero attached hydrogens (tertiary/aromatic N) is 4. The first-order valence-corrected chi connectivity index (χ1v) is 10.3.